The van der Waals surface area contributed by atoms with E-state index in [-0.39, 0.29) is 0 Å². The highest BCUT2D eigenvalue weighted by Crippen LogP contribution is 2.41. The minimum atomic E-state index is 0.569. The maximum atomic E-state index is 5.49. The van der Waals surface area contributed by atoms with Crippen molar-refractivity contribution in [1.82, 2.24) is 14.8 Å². The molecule has 146 valence electrons. The van der Waals surface area contributed by atoms with E-state index < -0.39 is 0 Å². The molecule has 4 rings (SSSR count). The highest BCUT2D eigenvalue weighted by molar-refractivity contribution is 5.67. The Morgan fingerprint density at radius 1 is 0.857 bits per heavy atom. The molecular weight excluding hydrogens is 356 g/mol. The van der Waals surface area contributed by atoms with Crippen LogP contribution in [0.5, 0.6) is 17.2 Å². The molecule has 0 aliphatic carbocycles. The molecule has 0 radical (unpaired) electrons. The van der Waals surface area contributed by atoms with E-state index in [1.54, 1.807) is 21.3 Å². The summed E-state index contributed by atoms with van der Waals surface area (Å²) in [7, 11) is 4.83. The van der Waals surface area contributed by atoms with E-state index in [1.165, 1.54) is 5.69 Å². The van der Waals surface area contributed by atoms with Gasteiger partial charge in [0.15, 0.2) is 23.1 Å². The van der Waals surface area contributed by atoms with E-state index in [9.17, 15) is 0 Å². The van der Waals surface area contributed by atoms with Gasteiger partial charge < -0.3 is 23.7 Å². The van der Waals surface area contributed by atoms with Crippen molar-refractivity contribution in [3.63, 3.8) is 0 Å². The number of rotatable bonds is 5. The van der Waals surface area contributed by atoms with E-state index >= 15 is 0 Å². The summed E-state index contributed by atoms with van der Waals surface area (Å²) in [4.78, 5) is 2.34. The average molecular weight is 380 g/mol. The van der Waals surface area contributed by atoms with Crippen LogP contribution in [0.3, 0.4) is 0 Å². The Labute approximate surface area is 164 Å². The van der Waals surface area contributed by atoms with Crippen molar-refractivity contribution in [2.75, 3.05) is 32.8 Å². The molecule has 0 atom stereocenters. The zero-order valence-electron chi connectivity index (χ0n) is 16.4. The van der Waals surface area contributed by atoms with Gasteiger partial charge in [-0.1, -0.05) is 18.2 Å². The Bertz CT molecular complexity index is 931. The third-order valence-corrected chi connectivity index (χ3v) is 5.01. The second-order valence-electron chi connectivity index (χ2n) is 6.62. The van der Waals surface area contributed by atoms with Crippen LogP contribution < -0.4 is 19.1 Å². The molecule has 0 amide bonds. The molecule has 3 aromatic rings. The molecule has 1 aliphatic heterocycles. The smallest absolute Gasteiger partial charge is 0.203 e. The number of nitrogens with zero attached hydrogens (tertiary/aromatic N) is 4. The molecule has 7 heteroatoms. The van der Waals surface area contributed by atoms with Crippen molar-refractivity contribution in [2.45, 2.75) is 19.5 Å². The predicted molar refractivity (Wildman–Crippen MR) is 107 cm³/mol. The molecule has 2 heterocycles. The first kappa shape index (κ1) is 18.2. The minimum Gasteiger partial charge on any atom is -0.493 e. The fourth-order valence-corrected chi connectivity index (χ4v) is 3.64. The van der Waals surface area contributed by atoms with Crippen LogP contribution in [-0.4, -0.2) is 42.6 Å². The molecule has 0 saturated heterocycles. The molecule has 7 nitrogen and oxygen atoms in total. The first-order valence-electron chi connectivity index (χ1n) is 9.27. The van der Waals surface area contributed by atoms with Crippen LogP contribution in [0.4, 0.5) is 5.69 Å². The van der Waals surface area contributed by atoms with Crippen LogP contribution in [0.2, 0.25) is 0 Å². The van der Waals surface area contributed by atoms with Gasteiger partial charge in [-0.15, -0.1) is 10.2 Å². The molecule has 0 bridgehead atoms. The highest BCUT2D eigenvalue weighted by Gasteiger charge is 2.22. The lowest BCUT2D eigenvalue weighted by atomic mass is 10.1. The second-order valence-corrected chi connectivity index (χ2v) is 6.62. The molecule has 0 spiro atoms. The van der Waals surface area contributed by atoms with Crippen molar-refractivity contribution in [3.8, 4) is 28.6 Å². The van der Waals surface area contributed by atoms with Gasteiger partial charge >= 0.3 is 0 Å². The number of hydrogen-bond donors (Lipinski definition) is 0. The van der Waals surface area contributed by atoms with E-state index in [2.05, 4.69) is 43.9 Å². The van der Waals surface area contributed by atoms with E-state index in [0.717, 1.165) is 43.3 Å². The predicted octanol–water partition coefficient (Wildman–Crippen LogP) is 3.38. The minimum absolute atomic E-state index is 0.569. The van der Waals surface area contributed by atoms with Gasteiger partial charge in [0.1, 0.15) is 0 Å². The van der Waals surface area contributed by atoms with Crippen molar-refractivity contribution in [2.24, 2.45) is 0 Å². The maximum Gasteiger partial charge on any atom is 0.203 e. The molecule has 0 N–H and O–H groups in total. The Hall–Kier alpha value is -3.22. The topological polar surface area (TPSA) is 61.6 Å². The van der Waals surface area contributed by atoms with Crippen LogP contribution in [0.1, 0.15) is 12.2 Å². The summed E-state index contributed by atoms with van der Waals surface area (Å²) in [5.74, 6) is 3.54. The molecule has 0 fully saturated rings. The Balaban J connectivity index is 1.72. The van der Waals surface area contributed by atoms with Crippen LogP contribution in [0.15, 0.2) is 42.5 Å². The lowest BCUT2D eigenvalue weighted by Gasteiger charge is -2.21. The average Bonchev–Trinajstić information content (AvgIpc) is 3.02. The molecule has 2 aromatic carbocycles. The summed E-state index contributed by atoms with van der Waals surface area (Å²) in [5.41, 5.74) is 2.09. The van der Waals surface area contributed by atoms with Crippen molar-refractivity contribution < 1.29 is 14.2 Å². The normalized spacial score (nSPS) is 13.6. The summed E-state index contributed by atoms with van der Waals surface area (Å²) in [6.45, 7) is 2.56. The first-order valence-corrected chi connectivity index (χ1v) is 9.27. The van der Waals surface area contributed by atoms with Gasteiger partial charge in [0, 0.05) is 24.3 Å². The number of fused-ring (bicyclic) bond motifs is 1. The number of benzene rings is 2. The zero-order chi connectivity index (χ0) is 19.5. The molecular formula is C21H24N4O3. The zero-order valence-corrected chi connectivity index (χ0v) is 16.4. The van der Waals surface area contributed by atoms with Gasteiger partial charge in [0.05, 0.1) is 27.9 Å². The monoisotopic (exact) mass is 380 g/mol. The van der Waals surface area contributed by atoms with Gasteiger partial charge in [-0.2, -0.15) is 0 Å². The maximum absolute atomic E-state index is 5.49. The van der Waals surface area contributed by atoms with Gasteiger partial charge in [0.2, 0.25) is 5.75 Å². The first-order chi connectivity index (χ1) is 13.7. The second kappa shape index (κ2) is 7.80. The largest absolute Gasteiger partial charge is 0.493 e. The summed E-state index contributed by atoms with van der Waals surface area (Å²) in [5, 5.41) is 8.96. The summed E-state index contributed by atoms with van der Waals surface area (Å²) in [6, 6.07) is 14.3. The van der Waals surface area contributed by atoms with Gasteiger partial charge in [-0.05, 0) is 30.7 Å². The van der Waals surface area contributed by atoms with Crippen molar-refractivity contribution in [1.29, 1.82) is 0 Å². The fourth-order valence-electron chi connectivity index (χ4n) is 3.64. The van der Waals surface area contributed by atoms with Gasteiger partial charge in [-0.3, -0.25) is 0 Å². The van der Waals surface area contributed by atoms with E-state index in [0.29, 0.717) is 17.2 Å². The van der Waals surface area contributed by atoms with E-state index in [1.807, 2.05) is 18.2 Å². The molecule has 1 aliphatic rings. The molecule has 0 unspecified atom stereocenters. The van der Waals surface area contributed by atoms with Crippen LogP contribution in [0, 0.1) is 0 Å². The van der Waals surface area contributed by atoms with E-state index in [4.69, 9.17) is 14.2 Å². The van der Waals surface area contributed by atoms with Crippen molar-refractivity contribution >= 4 is 5.69 Å². The third kappa shape index (κ3) is 3.24. The summed E-state index contributed by atoms with van der Waals surface area (Å²) < 4.78 is 18.6. The number of methoxy groups -OCH3 is 3. The Morgan fingerprint density at radius 2 is 1.57 bits per heavy atom. The standard InChI is InChI=1S/C21H24N4O3/c1-26-17-12-15(13-18(27-2)20(17)28-3)21-23-22-19-14-24(10-7-11-25(19)21)16-8-5-4-6-9-16/h4-6,8-9,12-13H,7,10-11,14H2,1-3H3. The molecule has 1 aromatic heterocycles. The number of hydrogen-bond acceptors (Lipinski definition) is 6. The number of aromatic nitrogens is 3. The Kier molecular flexibility index (Phi) is 5.06. The number of ether oxygens (including phenoxy) is 3. The summed E-state index contributed by atoms with van der Waals surface area (Å²) >= 11 is 0. The number of anilines is 1. The van der Waals surface area contributed by atoms with Gasteiger partial charge in [-0.25, -0.2) is 0 Å². The van der Waals surface area contributed by atoms with Crippen molar-refractivity contribution in [3.05, 3.63) is 48.3 Å². The van der Waals surface area contributed by atoms with Crippen LogP contribution in [-0.2, 0) is 13.1 Å². The fraction of sp³-hybridized carbons (Fsp3) is 0.333. The van der Waals surface area contributed by atoms with Gasteiger partial charge in [0.25, 0.3) is 0 Å². The lowest BCUT2D eigenvalue weighted by molar-refractivity contribution is 0.324. The lowest BCUT2D eigenvalue weighted by Crippen LogP contribution is -2.22. The third-order valence-electron chi connectivity index (χ3n) is 5.01. The molecule has 28 heavy (non-hydrogen) atoms. The van der Waals surface area contributed by atoms with Crippen LogP contribution in [0.25, 0.3) is 11.4 Å². The quantitative estimate of drug-likeness (QED) is 0.676. The molecule has 0 saturated carbocycles. The van der Waals surface area contributed by atoms with Crippen LogP contribution >= 0.6 is 0 Å². The Morgan fingerprint density at radius 3 is 2.21 bits per heavy atom. The highest BCUT2D eigenvalue weighted by atomic mass is 16.5. The summed E-state index contributed by atoms with van der Waals surface area (Å²) in [6.07, 6.45) is 1.01. The number of para-hydroxylation sites is 1. The SMILES string of the molecule is COc1cc(-c2nnc3n2CCCN(c2ccccc2)C3)cc(OC)c1OC.